The summed E-state index contributed by atoms with van der Waals surface area (Å²) >= 11 is 9.56. The van der Waals surface area contributed by atoms with Crippen molar-refractivity contribution in [1.29, 1.82) is 0 Å². The minimum absolute atomic E-state index is 0.190. The minimum Gasteiger partial charge on any atom is -0.340 e. The van der Waals surface area contributed by atoms with Crippen molar-refractivity contribution in [3.8, 4) is 0 Å². The zero-order chi connectivity index (χ0) is 25.6. The summed E-state index contributed by atoms with van der Waals surface area (Å²) in [6.45, 7) is 8.90. The summed E-state index contributed by atoms with van der Waals surface area (Å²) in [6, 6.07) is 21.7. The lowest BCUT2D eigenvalue weighted by Crippen LogP contribution is -2.29. The van der Waals surface area contributed by atoms with Crippen LogP contribution in [0, 0.1) is 6.92 Å². The molecule has 2 aromatic heterocycles. The summed E-state index contributed by atoms with van der Waals surface area (Å²) < 4.78 is 4.54. The Hall–Kier alpha value is -3.22. The van der Waals surface area contributed by atoms with Gasteiger partial charge < -0.3 is 4.57 Å². The van der Waals surface area contributed by atoms with Crippen molar-refractivity contribution in [1.82, 2.24) is 14.2 Å². The van der Waals surface area contributed by atoms with Gasteiger partial charge in [0.05, 0.1) is 17.1 Å². The van der Waals surface area contributed by atoms with E-state index in [2.05, 4.69) is 39.6 Å². The molecule has 5 nitrogen and oxygen atoms in total. The predicted molar refractivity (Wildman–Crippen MR) is 153 cm³/mol. The number of nitrogens with zero attached hydrogens (tertiary/aromatic N) is 4. The molecule has 0 unspecified atom stereocenters. The van der Waals surface area contributed by atoms with E-state index in [0.717, 1.165) is 37.2 Å². The van der Waals surface area contributed by atoms with Crippen LogP contribution in [0.5, 0.6) is 0 Å². The van der Waals surface area contributed by atoms with Gasteiger partial charge >= 0.3 is 0 Å². The van der Waals surface area contributed by atoms with Gasteiger partial charge in [0.1, 0.15) is 5.82 Å². The van der Waals surface area contributed by atoms with Crippen LogP contribution < -0.4 is 5.56 Å². The summed E-state index contributed by atoms with van der Waals surface area (Å²) in [4.78, 5) is 18.4. The SMILES string of the molecule is Cc1c(C=Nn2c(C(C)(C)C)nc3ccc(Br)cc3c2=O)c2ccccc2n1Cc1ccc(Cl)cc1. The monoisotopic (exact) mass is 560 g/mol. The highest BCUT2D eigenvalue weighted by Gasteiger charge is 2.23. The second-order valence-corrected chi connectivity index (χ2v) is 11.3. The van der Waals surface area contributed by atoms with Crippen molar-refractivity contribution in [2.75, 3.05) is 0 Å². The molecule has 7 heteroatoms. The molecule has 3 aromatic carbocycles. The fourth-order valence-corrected chi connectivity index (χ4v) is 4.94. The van der Waals surface area contributed by atoms with Crippen LogP contribution in [0.3, 0.4) is 0 Å². The van der Waals surface area contributed by atoms with Gasteiger partial charge in [-0.15, -0.1) is 0 Å². The molecule has 0 aliphatic heterocycles. The van der Waals surface area contributed by atoms with E-state index in [4.69, 9.17) is 21.7 Å². The van der Waals surface area contributed by atoms with Gasteiger partial charge in [0.2, 0.25) is 0 Å². The Morgan fingerprint density at radius 2 is 1.75 bits per heavy atom. The summed E-state index contributed by atoms with van der Waals surface area (Å²) in [5.41, 5.74) is 4.39. The lowest BCUT2D eigenvalue weighted by Gasteiger charge is -2.20. The predicted octanol–water partition coefficient (Wildman–Crippen LogP) is 7.30. The summed E-state index contributed by atoms with van der Waals surface area (Å²) in [6.07, 6.45) is 1.79. The van der Waals surface area contributed by atoms with Crippen LogP contribution in [-0.4, -0.2) is 20.4 Å². The highest BCUT2D eigenvalue weighted by molar-refractivity contribution is 9.10. The summed E-state index contributed by atoms with van der Waals surface area (Å²) in [5, 5.41) is 7.06. The maximum Gasteiger partial charge on any atom is 0.282 e. The van der Waals surface area contributed by atoms with E-state index < -0.39 is 0 Å². The third kappa shape index (κ3) is 4.51. The Bertz CT molecular complexity index is 1690. The fraction of sp³-hybridized carbons (Fsp3) is 0.207. The smallest absolute Gasteiger partial charge is 0.282 e. The maximum absolute atomic E-state index is 13.6. The van der Waals surface area contributed by atoms with Crippen molar-refractivity contribution >= 4 is 55.6 Å². The van der Waals surface area contributed by atoms with E-state index in [1.165, 1.54) is 4.68 Å². The van der Waals surface area contributed by atoms with E-state index in [1.54, 1.807) is 12.3 Å². The van der Waals surface area contributed by atoms with Crippen molar-refractivity contribution in [3.05, 3.63) is 109 Å². The van der Waals surface area contributed by atoms with Crippen LogP contribution in [0.4, 0.5) is 0 Å². The van der Waals surface area contributed by atoms with E-state index in [1.807, 2.05) is 69.3 Å². The Kier molecular flexibility index (Phi) is 6.35. The summed E-state index contributed by atoms with van der Waals surface area (Å²) in [5.74, 6) is 0.612. The summed E-state index contributed by atoms with van der Waals surface area (Å²) in [7, 11) is 0. The van der Waals surface area contributed by atoms with Gasteiger partial charge in [0.15, 0.2) is 0 Å². The van der Waals surface area contributed by atoms with Crippen LogP contribution in [0.1, 0.15) is 43.4 Å². The largest absolute Gasteiger partial charge is 0.340 e. The average Bonchev–Trinajstić information content (AvgIpc) is 3.10. The molecule has 0 radical (unpaired) electrons. The first-order chi connectivity index (χ1) is 17.1. The van der Waals surface area contributed by atoms with Gasteiger partial charge in [-0.05, 0) is 48.9 Å². The first kappa shape index (κ1) is 24.5. The first-order valence-corrected chi connectivity index (χ1v) is 12.9. The highest BCUT2D eigenvalue weighted by atomic mass is 79.9. The van der Waals surface area contributed by atoms with Gasteiger partial charge in [-0.3, -0.25) is 4.79 Å². The van der Waals surface area contributed by atoms with E-state index in [9.17, 15) is 4.79 Å². The molecule has 36 heavy (non-hydrogen) atoms. The average molecular weight is 562 g/mol. The van der Waals surface area contributed by atoms with Crippen molar-refractivity contribution in [3.63, 3.8) is 0 Å². The molecule has 0 aliphatic rings. The molecule has 2 heterocycles. The van der Waals surface area contributed by atoms with Gasteiger partial charge in [0, 0.05) is 43.6 Å². The maximum atomic E-state index is 13.6. The lowest BCUT2D eigenvalue weighted by atomic mass is 9.95. The van der Waals surface area contributed by atoms with Crippen LogP contribution in [0.15, 0.2) is 81.1 Å². The fourth-order valence-electron chi connectivity index (χ4n) is 4.45. The Morgan fingerprint density at radius 3 is 2.47 bits per heavy atom. The highest BCUT2D eigenvalue weighted by Crippen LogP contribution is 2.27. The van der Waals surface area contributed by atoms with Crippen LogP contribution in [-0.2, 0) is 12.0 Å². The molecule has 0 N–H and O–H groups in total. The molecule has 0 saturated heterocycles. The molecule has 5 aromatic rings. The number of halogens is 2. The molecule has 0 fully saturated rings. The number of benzene rings is 3. The Labute approximate surface area is 223 Å². The van der Waals surface area contributed by atoms with Gasteiger partial charge in [0.25, 0.3) is 5.56 Å². The molecule has 182 valence electrons. The van der Waals surface area contributed by atoms with Crippen molar-refractivity contribution in [2.45, 2.75) is 39.7 Å². The van der Waals surface area contributed by atoms with Gasteiger partial charge in [-0.25, -0.2) is 4.98 Å². The van der Waals surface area contributed by atoms with E-state index in [-0.39, 0.29) is 11.0 Å². The van der Waals surface area contributed by atoms with Crippen LogP contribution >= 0.6 is 27.5 Å². The molecule has 5 rings (SSSR count). The van der Waals surface area contributed by atoms with E-state index >= 15 is 0 Å². The second kappa shape index (κ2) is 9.34. The molecule has 0 spiro atoms. The number of fused-ring (bicyclic) bond motifs is 2. The Balaban J connectivity index is 1.67. The third-order valence-corrected chi connectivity index (χ3v) is 7.06. The number of para-hydroxylation sites is 1. The molecule has 0 bridgehead atoms. The number of hydrogen-bond donors (Lipinski definition) is 0. The topological polar surface area (TPSA) is 52.2 Å². The normalized spacial score (nSPS) is 12.3. The van der Waals surface area contributed by atoms with Crippen molar-refractivity contribution < 1.29 is 0 Å². The molecular weight excluding hydrogens is 536 g/mol. The van der Waals surface area contributed by atoms with E-state index in [0.29, 0.717) is 23.3 Å². The Morgan fingerprint density at radius 1 is 1.03 bits per heavy atom. The number of hydrogen-bond acceptors (Lipinski definition) is 3. The standard InChI is InChI=1S/C29H26BrClN4O/c1-18-24(22-7-5-6-8-26(22)34(18)17-19-9-12-21(31)13-10-19)16-32-35-27(36)23-15-20(30)11-14-25(23)33-28(35)29(2,3)4/h5-16H,17H2,1-4H3. The van der Waals surface area contributed by atoms with Gasteiger partial charge in [-0.2, -0.15) is 9.78 Å². The zero-order valence-corrected chi connectivity index (χ0v) is 22.9. The quantitative estimate of drug-likeness (QED) is 0.216. The molecule has 0 aliphatic carbocycles. The van der Waals surface area contributed by atoms with Crippen LogP contribution in [0.2, 0.25) is 5.02 Å². The lowest BCUT2D eigenvalue weighted by molar-refractivity contribution is 0.506. The van der Waals surface area contributed by atoms with Crippen LogP contribution in [0.25, 0.3) is 21.8 Å². The molecular formula is C29H26BrClN4O. The minimum atomic E-state index is -0.380. The molecule has 0 atom stereocenters. The second-order valence-electron chi connectivity index (χ2n) is 9.94. The number of aromatic nitrogens is 3. The number of rotatable bonds is 4. The first-order valence-electron chi connectivity index (χ1n) is 11.7. The molecule has 0 saturated carbocycles. The van der Waals surface area contributed by atoms with Crippen molar-refractivity contribution in [2.24, 2.45) is 5.10 Å². The van der Waals surface area contributed by atoms with Gasteiger partial charge in [-0.1, -0.05) is 78.6 Å². The molecule has 0 amide bonds. The zero-order valence-electron chi connectivity index (χ0n) is 20.6. The third-order valence-electron chi connectivity index (χ3n) is 6.32.